The van der Waals surface area contributed by atoms with E-state index in [-0.39, 0.29) is 0 Å². The molecule has 0 heterocycles. The third-order valence-corrected chi connectivity index (χ3v) is 4.82. The average molecular weight is 533 g/mol. The van der Waals surface area contributed by atoms with Crippen LogP contribution < -0.4 is 0 Å². The van der Waals surface area contributed by atoms with Crippen LogP contribution in [0.4, 0.5) is 0 Å². The number of halogens is 2. The minimum atomic E-state index is -0.556. The molecular formula is C24H50Cl2N2O3Ti-2. The van der Waals surface area contributed by atoms with Crippen LogP contribution in [0, 0.1) is 5.92 Å². The number of rotatable bonds is 17. The summed E-state index contributed by atoms with van der Waals surface area (Å²) in [7, 11) is 9.78. The predicted molar refractivity (Wildman–Crippen MR) is 138 cm³/mol. The summed E-state index contributed by atoms with van der Waals surface area (Å²) in [6.07, 6.45) is 17.2. The molecule has 0 rings (SSSR count). The van der Waals surface area contributed by atoms with E-state index in [0.717, 1.165) is 32.1 Å². The molecule has 0 aliphatic heterocycles. The zero-order chi connectivity index (χ0) is 25.5. The minimum absolute atomic E-state index is 0.372. The van der Waals surface area contributed by atoms with E-state index in [1.165, 1.54) is 57.8 Å². The van der Waals surface area contributed by atoms with Gasteiger partial charge < -0.3 is 26.2 Å². The van der Waals surface area contributed by atoms with Crippen LogP contribution in [0.25, 0.3) is 11.5 Å². The first-order valence-corrected chi connectivity index (χ1v) is 16.7. The van der Waals surface area contributed by atoms with Crippen molar-refractivity contribution in [3.8, 4) is 0 Å². The predicted octanol–water partition coefficient (Wildman–Crippen LogP) is 9.42. The van der Waals surface area contributed by atoms with Gasteiger partial charge in [-0.3, -0.25) is 0 Å². The second-order valence-electron chi connectivity index (χ2n) is 7.85. The fraction of sp³-hybridized carbons (Fsp3) is 0.917. The first kappa shape index (κ1) is 39.4. The molecule has 0 spiro atoms. The molecular weight excluding hydrogens is 483 g/mol. The van der Waals surface area contributed by atoms with Crippen molar-refractivity contribution >= 4 is 30.4 Å². The van der Waals surface area contributed by atoms with Gasteiger partial charge in [-0.05, 0) is 38.0 Å². The number of hydrogen-bond acceptors (Lipinski definition) is 3. The summed E-state index contributed by atoms with van der Waals surface area (Å²) >= 11 is -0.556. The second kappa shape index (κ2) is 38.5. The van der Waals surface area contributed by atoms with Crippen LogP contribution >= 0.6 is 18.6 Å². The van der Waals surface area contributed by atoms with Crippen molar-refractivity contribution in [3.05, 3.63) is 11.5 Å². The van der Waals surface area contributed by atoms with Crippen LogP contribution in [0.1, 0.15) is 130 Å². The Labute approximate surface area is 215 Å². The Morgan fingerprint density at radius 1 is 0.719 bits per heavy atom. The van der Waals surface area contributed by atoms with E-state index < -0.39 is 28.8 Å². The van der Waals surface area contributed by atoms with Gasteiger partial charge in [-0.15, -0.1) is 0 Å². The summed E-state index contributed by atoms with van der Waals surface area (Å²) in [6.45, 7) is 9.02. The van der Waals surface area contributed by atoms with Crippen molar-refractivity contribution in [1.29, 1.82) is 0 Å². The molecule has 1 unspecified atom stereocenters. The van der Waals surface area contributed by atoms with Gasteiger partial charge in [0.15, 0.2) is 0 Å². The fourth-order valence-electron chi connectivity index (χ4n) is 2.70. The Morgan fingerprint density at radius 2 is 1.06 bits per heavy atom. The van der Waals surface area contributed by atoms with E-state index in [1.807, 2.05) is 0 Å². The Balaban J connectivity index is -0.000000173. The number of aliphatic hydroxyl groups is 1. The molecule has 0 aliphatic rings. The van der Waals surface area contributed by atoms with Crippen molar-refractivity contribution in [2.24, 2.45) is 5.92 Å². The number of amides is 2. The SMILES string of the molecule is CCCCC(CC)CO.CCCCCCCC([NH-])=O.CCCCCCCC([NH-])=O.[Cl][Ti][Cl]. The molecule has 0 aromatic rings. The van der Waals surface area contributed by atoms with Gasteiger partial charge in [-0.25, -0.2) is 0 Å². The summed E-state index contributed by atoms with van der Waals surface area (Å²) < 4.78 is 0. The zero-order valence-corrected chi connectivity index (χ0v) is 24.2. The van der Waals surface area contributed by atoms with Crippen LogP contribution in [-0.4, -0.2) is 23.5 Å². The van der Waals surface area contributed by atoms with E-state index in [2.05, 4.69) is 27.7 Å². The molecule has 8 heteroatoms. The van der Waals surface area contributed by atoms with Crippen LogP contribution in [0.5, 0.6) is 0 Å². The van der Waals surface area contributed by atoms with Gasteiger partial charge >= 0.3 is 35.6 Å². The molecule has 5 nitrogen and oxygen atoms in total. The molecule has 32 heavy (non-hydrogen) atoms. The van der Waals surface area contributed by atoms with Crippen LogP contribution in [0.3, 0.4) is 0 Å². The maximum absolute atomic E-state index is 10.1. The fourth-order valence-corrected chi connectivity index (χ4v) is 2.70. The van der Waals surface area contributed by atoms with Gasteiger partial charge in [-0.1, -0.05) is 98.3 Å². The Kier molecular flexibility index (Phi) is 47.4. The molecule has 0 aromatic carbocycles. The summed E-state index contributed by atoms with van der Waals surface area (Å²) in [5.74, 6) is -0.280. The Bertz CT molecular complexity index is 338. The number of carbonyl (C=O) groups is 2. The maximum atomic E-state index is 10.1. The number of nitrogens with one attached hydrogen (secondary N) is 2. The van der Waals surface area contributed by atoms with Crippen molar-refractivity contribution in [2.45, 2.75) is 130 Å². The molecule has 0 bridgehead atoms. The van der Waals surface area contributed by atoms with Gasteiger partial charge in [0.2, 0.25) is 0 Å². The Morgan fingerprint density at radius 3 is 1.31 bits per heavy atom. The summed E-state index contributed by atoms with van der Waals surface area (Å²) in [5, 5.41) is 8.75. The molecule has 0 aromatic heterocycles. The topological polar surface area (TPSA) is 102 Å². The van der Waals surface area contributed by atoms with Crippen molar-refractivity contribution in [2.75, 3.05) is 6.61 Å². The van der Waals surface area contributed by atoms with Crippen LogP contribution in [-0.2, 0) is 26.6 Å². The second-order valence-corrected chi connectivity index (χ2v) is 10.4. The van der Waals surface area contributed by atoms with Crippen LogP contribution in [0.15, 0.2) is 0 Å². The standard InChI is InChI=1S/2C8H17NO.C8H18O.2ClH.Ti/c2*1-2-3-4-5-6-7-8(9)10;1-3-5-6-8(4-2)7-9;;;/h2*2-7H2,1H3,(H2,9,10);8-9H,3-7H2,1-2H3;2*1H;/q;;;;;+2/p-4. The monoisotopic (exact) mass is 532 g/mol. The summed E-state index contributed by atoms with van der Waals surface area (Å²) in [5.41, 5.74) is 13.2. The van der Waals surface area contributed by atoms with E-state index in [9.17, 15) is 9.59 Å². The number of hydrogen-bond donors (Lipinski definition) is 1. The first-order chi connectivity index (χ1) is 15.3. The van der Waals surface area contributed by atoms with Crippen LogP contribution in [0.2, 0.25) is 0 Å². The molecule has 1 atom stereocenters. The summed E-state index contributed by atoms with van der Waals surface area (Å²) in [4.78, 5) is 20.3. The number of carbonyl (C=O) groups excluding carboxylic acids is 2. The number of unbranched alkanes of at least 4 members (excludes halogenated alkanes) is 9. The molecule has 3 N–H and O–H groups in total. The van der Waals surface area contributed by atoms with E-state index >= 15 is 0 Å². The zero-order valence-electron chi connectivity index (χ0n) is 21.1. The molecule has 0 saturated carbocycles. The molecule has 194 valence electrons. The van der Waals surface area contributed by atoms with E-state index in [1.54, 1.807) is 0 Å². The van der Waals surface area contributed by atoms with Gasteiger partial charge in [0, 0.05) is 18.4 Å². The quantitative estimate of drug-likeness (QED) is 0.149. The molecule has 0 saturated heterocycles. The third-order valence-electron chi connectivity index (χ3n) is 4.82. The van der Waals surface area contributed by atoms with Gasteiger partial charge in [0.1, 0.15) is 0 Å². The van der Waals surface area contributed by atoms with Crippen molar-refractivity contribution in [1.82, 2.24) is 0 Å². The molecule has 0 fully saturated rings. The normalized spacial score (nSPS) is 10.3. The third kappa shape index (κ3) is 52.2. The van der Waals surface area contributed by atoms with Gasteiger partial charge in [0.25, 0.3) is 0 Å². The average Bonchev–Trinajstić information content (AvgIpc) is 2.75. The summed E-state index contributed by atoms with van der Waals surface area (Å²) in [6, 6.07) is 0. The van der Waals surface area contributed by atoms with E-state index in [0.29, 0.717) is 25.4 Å². The Hall–Kier alpha value is 0.194. The number of aliphatic hydroxyl groups excluding tert-OH is 1. The molecule has 0 radical (unpaired) electrons. The van der Waals surface area contributed by atoms with E-state index in [4.69, 9.17) is 35.2 Å². The van der Waals surface area contributed by atoms with Gasteiger partial charge in [0.05, 0.1) is 0 Å². The van der Waals surface area contributed by atoms with Crippen molar-refractivity contribution < 1.29 is 31.7 Å². The molecule has 2 amide bonds. The first-order valence-electron chi connectivity index (χ1n) is 12.4. The van der Waals surface area contributed by atoms with Gasteiger partial charge in [-0.2, -0.15) is 0 Å². The molecule has 0 aliphatic carbocycles. The van der Waals surface area contributed by atoms with Crippen molar-refractivity contribution in [3.63, 3.8) is 0 Å².